The summed E-state index contributed by atoms with van der Waals surface area (Å²) in [6.07, 6.45) is 2.62. The Balaban J connectivity index is 2.20. The van der Waals surface area contributed by atoms with Crippen LogP contribution in [-0.4, -0.2) is 24.8 Å². The molecule has 1 rings (SSSR count). The summed E-state index contributed by atoms with van der Waals surface area (Å²) in [5.74, 6) is -0.121. The highest BCUT2D eigenvalue weighted by Gasteiger charge is 2.34. The maximum Gasteiger partial charge on any atom is 0.305 e. The minimum Gasteiger partial charge on any atom is -0.460 e. The van der Waals surface area contributed by atoms with E-state index < -0.39 is 0 Å². The average Bonchev–Trinajstić information content (AvgIpc) is 2.08. The predicted molar refractivity (Wildman–Crippen MR) is 44.8 cm³/mol. The fourth-order valence-corrected chi connectivity index (χ4v) is 1.23. The van der Waals surface area contributed by atoms with Crippen LogP contribution in [0.2, 0.25) is 0 Å². The third-order valence-corrected chi connectivity index (χ3v) is 2.10. The SMILES string of the molecule is CCOC1CCC1OC(=O)CC. The lowest BCUT2D eigenvalue weighted by Gasteiger charge is -2.35. The quantitative estimate of drug-likeness (QED) is 0.603. The molecule has 0 aromatic rings. The smallest absolute Gasteiger partial charge is 0.305 e. The van der Waals surface area contributed by atoms with Gasteiger partial charge < -0.3 is 9.47 Å². The van der Waals surface area contributed by atoms with Crippen LogP contribution in [0.15, 0.2) is 0 Å². The number of hydrogen-bond donors (Lipinski definition) is 0. The molecular formula is C9H16O3. The van der Waals surface area contributed by atoms with E-state index in [1.807, 2.05) is 6.92 Å². The molecule has 2 unspecified atom stereocenters. The van der Waals surface area contributed by atoms with Crippen molar-refractivity contribution in [3.05, 3.63) is 0 Å². The van der Waals surface area contributed by atoms with Gasteiger partial charge in [0.15, 0.2) is 0 Å². The normalized spacial score (nSPS) is 27.8. The second-order valence-electron chi connectivity index (χ2n) is 2.95. The molecule has 0 heterocycles. The Morgan fingerprint density at radius 3 is 2.42 bits per heavy atom. The number of hydrogen-bond acceptors (Lipinski definition) is 3. The second-order valence-corrected chi connectivity index (χ2v) is 2.95. The van der Waals surface area contributed by atoms with E-state index >= 15 is 0 Å². The highest BCUT2D eigenvalue weighted by Crippen LogP contribution is 2.26. The van der Waals surface area contributed by atoms with Gasteiger partial charge >= 0.3 is 5.97 Å². The van der Waals surface area contributed by atoms with Crippen molar-refractivity contribution in [1.82, 2.24) is 0 Å². The zero-order valence-electron chi connectivity index (χ0n) is 7.71. The van der Waals surface area contributed by atoms with Gasteiger partial charge in [-0.25, -0.2) is 0 Å². The van der Waals surface area contributed by atoms with Crippen LogP contribution in [-0.2, 0) is 14.3 Å². The first-order valence-electron chi connectivity index (χ1n) is 4.59. The number of ether oxygens (including phenoxy) is 2. The summed E-state index contributed by atoms with van der Waals surface area (Å²) in [6.45, 7) is 4.46. The van der Waals surface area contributed by atoms with Gasteiger partial charge in [0.1, 0.15) is 6.10 Å². The van der Waals surface area contributed by atoms with Crippen LogP contribution in [0.5, 0.6) is 0 Å². The molecule has 0 aliphatic heterocycles. The summed E-state index contributed by atoms with van der Waals surface area (Å²) in [6, 6.07) is 0. The molecule has 70 valence electrons. The largest absolute Gasteiger partial charge is 0.460 e. The predicted octanol–water partition coefficient (Wildman–Crippen LogP) is 1.51. The topological polar surface area (TPSA) is 35.5 Å². The Morgan fingerprint density at radius 1 is 1.33 bits per heavy atom. The summed E-state index contributed by atoms with van der Waals surface area (Å²) in [4.78, 5) is 10.9. The monoisotopic (exact) mass is 172 g/mol. The molecule has 3 nitrogen and oxygen atoms in total. The lowest BCUT2D eigenvalue weighted by molar-refractivity contribution is -0.169. The van der Waals surface area contributed by atoms with Crippen molar-refractivity contribution >= 4 is 5.97 Å². The molecule has 0 aromatic heterocycles. The van der Waals surface area contributed by atoms with E-state index in [1.54, 1.807) is 6.92 Å². The Kier molecular flexibility index (Phi) is 3.53. The molecule has 0 N–H and O–H groups in total. The van der Waals surface area contributed by atoms with E-state index in [-0.39, 0.29) is 18.2 Å². The van der Waals surface area contributed by atoms with Gasteiger partial charge in [0.05, 0.1) is 6.10 Å². The fraction of sp³-hybridized carbons (Fsp3) is 0.889. The lowest BCUT2D eigenvalue weighted by atomic mass is 9.92. The Morgan fingerprint density at radius 2 is 2.00 bits per heavy atom. The Labute approximate surface area is 73.0 Å². The van der Waals surface area contributed by atoms with Gasteiger partial charge in [0.25, 0.3) is 0 Å². The van der Waals surface area contributed by atoms with E-state index in [2.05, 4.69) is 0 Å². The number of carbonyl (C=O) groups is 1. The van der Waals surface area contributed by atoms with Crippen LogP contribution in [0.25, 0.3) is 0 Å². The van der Waals surface area contributed by atoms with Gasteiger partial charge in [-0.05, 0) is 19.8 Å². The average molecular weight is 172 g/mol. The molecule has 0 radical (unpaired) electrons. The van der Waals surface area contributed by atoms with Crippen molar-refractivity contribution in [1.29, 1.82) is 0 Å². The van der Waals surface area contributed by atoms with Crippen LogP contribution in [0, 0.1) is 0 Å². The summed E-state index contributed by atoms with van der Waals surface area (Å²) in [7, 11) is 0. The van der Waals surface area contributed by atoms with E-state index in [1.165, 1.54) is 0 Å². The summed E-state index contributed by atoms with van der Waals surface area (Å²) < 4.78 is 10.5. The highest BCUT2D eigenvalue weighted by molar-refractivity contribution is 5.69. The Bertz CT molecular complexity index is 156. The van der Waals surface area contributed by atoms with Gasteiger partial charge in [-0.3, -0.25) is 4.79 Å². The van der Waals surface area contributed by atoms with Gasteiger partial charge in [-0.2, -0.15) is 0 Å². The zero-order chi connectivity index (χ0) is 8.97. The van der Waals surface area contributed by atoms with Crippen molar-refractivity contribution in [2.45, 2.75) is 45.3 Å². The molecule has 12 heavy (non-hydrogen) atoms. The van der Waals surface area contributed by atoms with Crippen molar-refractivity contribution < 1.29 is 14.3 Å². The van der Waals surface area contributed by atoms with Gasteiger partial charge in [0.2, 0.25) is 0 Å². The maximum absolute atomic E-state index is 10.9. The van der Waals surface area contributed by atoms with E-state index in [9.17, 15) is 4.79 Å². The zero-order valence-corrected chi connectivity index (χ0v) is 7.71. The summed E-state index contributed by atoms with van der Waals surface area (Å²) >= 11 is 0. The molecule has 3 heteroatoms. The first-order valence-corrected chi connectivity index (χ1v) is 4.59. The molecule has 0 amide bonds. The van der Waals surface area contributed by atoms with Crippen LogP contribution in [0.1, 0.15) is 33.1 Å². The van der Waals surface area contributed by atoms with Crippen molar-refractivity contribution in [2.75, 3.05) is 6.61 Å². The fourth-order valence-electron chi connectivity index (χ4n) is 1.23. The van der Waals surface area contributed by atoms with Crippen molar-refractivity contribution in [3.63, 3.8) is 0 Å². The highest BCUT2D eigenvalue weighted by atomic mass is 16.6. The lowest BCUT2D eigenvalue weighted by Crippen LogP contribution is -2.42. The number of rotatable bonds is 4. The molecule has 1 saturated carbocycles. The third kappa shape index (κ3) is 2.21. The first-order chi connectivity index (χ1) is 5.77. The van der Waals surface area contributed by atoms with E-state index in [0.717, 1.165) is 12.8 Å². The van der Waals surface area contributed by atoms with Crippen molar-refractivity contribution in [3.8, 4) is 0 Å². The van der Waals surface area contributed by atoms with E-state index in [0.29, 0.717) is 13.0 Å². The molecule has 1 fully saturated rings. The molecule has 0 aromatic carbocycles. The van der Waals surface area contributed by atoms with Gasteiger partial charge in [0, 0.05) is 13.0 Å². The van der Waals surface area contributed by atoms with Crippen LogP contribution >= 0.6 is 0 Å². The Hall–Kier alpha value is -0.570. The van der Waals surface area contributed by atoms with Crippen LogP contribution < -0.4 is 0 Å². The molecule has 1 aliphatic carbocycles. The molecule has 2 atom stereocenters. The molecule has 0 saturated heterocycles. The van der Waals surface area contributed by atoms with Crippen LogP contribution in [0.4, 0.5) is 0 Å². The summed E-state index contributed by atoms with van der Waals surface area (Å²) in [5.41, 5.74) is 0. The number of esters is 1. The summed E-state index contributed by atoms with van der Waals surface area (Å²) in [5, 5.41) is 0. The molecule has 0 bridgehead atoms. The van der Waals surface area contributed by atoms with Gasteiger partial charge in [-0.1, -0.05) is 6.92 Å². The second kappa shape index (κ2) is 4.45. The minimum atomic E-state index is -0.121. The third-order valence-electron chi connectivity index (χ3n) is 2.10. The maximum atomic E-state index is 10.9. The first kappa shape index (κ1) is 9.52. The van der Waals surface area contributed by atoms with E-state index in [4.69, 9.17) is 9.47 Å². The van der Waals surface area contributed by atoms with Crippen LogP contribution in [0.3, 0.4) is 0 Å². The minimum absolute atomic E-state index is 0.0254. The molecular weight excluding hydrogens is 156 g/mol. The number of carbonyl (C=O) groups excluding carboxylic acids is 1. The molecule has 1 aliphatic rings. The van der Waals surface area contributed by atoms with Gasteiger partial charge in [-0.15, -0.1) is 0 Å². The van der Waals surface area contributed by atoms with Crippen molar-refractivity contribution in [2.24, 2.45) is 0 Å². The standard InChI is InChI=1S/C9H16O3/c1-3-9(10)12-8-6-5-7(8)11-4-2/h7-8H,3-6H2,1-2H3. The molecule has 0 spiro atoms.